The number of hydrogen-bond acceptors (Lipinski definition) is 8. The molecule has 0 aliphatic carbocycles. The fraction of sp³-hybridized carbons (Fsp3) is 0.632. The van der Waals surface area contributed by atoms with E-state index in [1.165, 1.54) is 6.20 Å². The number of carbonyl (C=O) groups excluding carboxylic acids is 2. The second-order valence-electron chi connectivity index (χ2n) is 14.0. The number of aromatic nitrogens is 2. The summed E-state index contributed by atoms with van der Waals surface area (Å²) in [7, 11) is 7.15. The molecule has 2 aromatic heterocycles. The van der Waals surface area contributed by atoms with E-state index in [-0.39, 0.29) is 55.6 Å². The predicted octanol–water partition coefficient (Wildman–Crippen LogP) is 6.44. The van der Waals surface area contributed by atoms with Crippen LogP contribution in [-0.4, -0.2) is 85.4 Å². The van der Waals surface area contributed by atoms with Crippen LogP contribution in [-0.2, 0) is 37.8 Å². The Labute approximate surface area is 313 Å². The highest BCUT2D eigenvalue weighted by molar-refractivity contribution is 5.74. The van der Waals surface area contributed by atoms with Crippen LogP contribution in [0.3, 0.4) is 0 Å². The van der Waals surface area contributed by atoms with Crippen LogP contribution in [0.5, 0.6) is 0 Å². The molecule has 0 saturated heterocycles. The average molecular weight is 777 g/mol. The van der Waals surface area contributed by atoms with Gasteiger partial charge in [0.15, 0.2) is 0 Å². The average Bonchev–Trinajstić information content (AvgIpc) is 3.02. The van der Waals surface area contributed by atoms with Gasteiger partial charge in [-0.1, -0.05) is 39.5 Å². The highest BCUT2D eigenvalue weighted by Crippen LogP contribution is 2.33. The molecule has 0 amide bonds. The second kappa shape index (κ2) is 21.7. The van der Waals surface area contributed by atoms with Crippen LogP contribution in [0.25, 0.3) is 0 Å². The van der Waals surface area contributed by atoms with Gasteiger partial charge in [-0.25, -0.2) is 9.59 Å². The fourth-order valence-corrected chi connectivity index (χ4v) is 5.32. The van der Waals surface area contributed by atoms with Crippen molar-refractivity contribution in [2.45, 2.75) is 91.7 Å². The summed E-state index contributed by atoms with van der Waals surface area (Å²) in [5.41, 5.74) is -4.14. The van der Waals surface area contributed by atoms with Gasteiger partial charge in [0.1, 0.15) is 12.1 Å². The molecule has 0 bridgehead atoms. The zero-order chi connectivity index (χ0) is 41.6. The van der Waals surface area contributed by atoms with Crippen LogP contribution in [0.2, 0.25) is 0 Å². The summed E-state index contributed by atoms with van der Waals surface area (Å²) in [6.45, 7) is 11.8. The summed E-state index contributed by atoms with van der Waals surface area (Å²) in [4.78, 5) is 52.9. The molecular formula is C38H54F6N4O6. The van der Waals surface area contributed by atoms with E-state index in [2.05, 4.69) is 11.8 Å². The van der Waals surface area contributed by atoms with Crippen molar-refractivity contribution in [2.75, 3.05) is 54.5 Å². The Balaban J connectivity index is 0.000000540. The molecule has 2 unspecified atom stereocenters. The molecule has 0 radical (unpaired) electrons. The van der Waals surface area contributed by atoms with Gasteiger partial charge in [-0.15, -0.1) is 0 Å². The lowest BCUT2D eigenvalue weighted by molar-refractivity contribution is -0.148. The molecule has 2 aromatic rings. The van der Waals surface area contributed by atoms with Crippen molar-refractivity contribution in [3.63, 3.8) is 0 Å². The first kappa shape index (κ1) is 47.9. The molecule has 0 spiro atoms. The third kappa shape index (κ3) is 15.7. The van der Waals surface area contributed by atoms with Crippen molar-refractivity contribution >= 4 is 11.9 Å². The van der Waals surface area contributed by atoms with E-state index in [1.54, 1.807) is 32.8 Å². The van der Waals surface area contributed by atoms with Gasteiger partial charge in [0, 0.05) is 24.5 Å². The Bertz CT molecular complexity index is 1700. The van der Waals surface area contributed by atoms with Crippen LogP contribution in [0.1, 0.15) is 95.1 Å². The molecule has 0 aliphatic heterocycles. The van der Waals surface area contributed by atoms with Gasteiger partial charge in [-0.3, -0.25) is 19.1 Å². The first-order valence-corrected chi connectivity index (χ1v) is 17.7. The molecule has 54 heavy (non-hydrogen) atoms. The summed E-state index contributed by atoms with van der Waals surface area (Å²) in [5, 5.41) is 0. The Kier molecular flexibility index (Phi) is 19.3. The van der Waals surface area contributed by atoms with E-state index in [0.717, 1.165) is 15.3 Å². The van der Waals surface area contributed by atoms with Crippen molar-refractivity contribution in [3.8, 4) is 11.8 Å². The number of nitrogens with zero attached hydrogens (tertiary/aromatic N) is 4. The number of aryl methyl sites for hydroxylation is 1. The third-order valence-electron chi connectivity index (χ3n) is 7.70. The smallest absolute Gasteiger partial charge is 0.417 e. The summed E-state index contributed by atoms with van der Waals surface area (Å²) in [5.74, 6) is 3.94. The quantitative estimate of drug-likeness (QED) is 0.116. The van der Waals surface area contributed by atoms with Crippen molar-refractivity contribution in [3.05, 3.63) is 67.5 Å². The molecule has 0 aromatic carbocycles. The molecule has 2 atom stereocenters. The van der Waals surface area contributed by atoms with E-state index >= 15 is 0 Å². The molecule has 304 valence electrons. The zero-order valence-corrected chi connectivity index (χ0v) is 32.8. The van der Waals surface area contributed by atoms with Crippen molar-refractivity contribution in [1.82, 2.24) is 18.9 Å². The number of esters is 2. The Morgan fingerprint density at radius 1 is 0.741 bits per heavy atom. The van der Waals surface area contributed by atoms with E-state index in [1.807, 2.05) is 46.7 Å². The van der Waals surface area contributed by atoms with E-state index in [4.69, 9.17) is 9.47 Å². The fourth-order valence-electron chi connectivity index (χ4n) is 5.32. The topological polar surface area (TPSA) is 103 Å². The van der Waals surface area contributed by atoms with Gasteiger partial charge >= 0.3 is 24.3 Å². The first-order chi connectivity index (χ1) is 24.9. The number of rotatable bonds is 15. The Morgan fingerprint density at radius 2 is 1.19 bits per heavy atom. The molecule has 0 saturated carbocycles. The minimum absolute atomic E-state index is 0.0157. The Morgan fingerprint density at radius 3 is 1.57 bits per heavy atom. The number of hydrogen-bond donors (Lipinski definition) is 0. The minimum atomic E-state index is -4.72. The lowest BCUT2D eigenvalue weighted by Crippen LogP contribution is -2.33. The van der Waals surface area contributed by atoms with Crippen LogP contribution >= 0.6 is 0 Å². The number of alkyl halides is 6. The van der Waals surface area contributed by atoms with E-state index in [0.29, 0.717) is 31.5 Å². The molecule has 2 heterocycles. The number of pyridine rings is 2. The number of halogens is 6. The molecule has 0 fully saturated rings. The predicted molar refractivity (Wildman–Crippen MR) is 194 cm³/mol. The van der Waals surface area contributed by atoms with Crippen molar-refractivity contribution in [2.24, 2.45) is 11.8 Å². The molecule has 2 rings (SSSR count). The highest BCUT2D eigenvalue weighted by atomic mass is 19.4. The maximum atomic E-state index is 13.4. The van der Waals surface area contributed by atoms with Crippen LogP contribution in [0.15, 0.2) is 34.1 Å². The summed E-state index contributed by atoms with van der Waals surface area (Å²) >= 11 is 0. The van der Waals surface area contributed by atoms with Crippen LogP contribution < -0.4 is 11.1 Å². The number of ether oxygens (including phenoxy) is 2. The van der Waals surface area contributed by atoms with Crippen molar-refractivity contribution in [1.29, 1.82) is 0 Å². The zero-order valence-electron chi connectivity index (χ0n) is 32.8. The monoisotopic (exact) mass is 776 g/mol. The maximum absolute atomic E-state index is 13.4. The van der Waals surface area contributed by atoms with E-state index in [9.17, 15) is 45.5 Å². The minimum Gasteiger partial charge on any atom is -0.464 e. The second-order valence-corrected chi connectivity index (χ2v) is 14.0. The highest BCUT2D eigenvalue weighted by Gasteiger charge is 2.37. The van der Waals surface area contributed by atoms with E-state index < -0.39 is 58.6 Å². The van der Waals surface area contributed by atoms with Crippen LogP contribution in [0, 0.1) is 23.7 Å². The third-order valence-corrected chi connectivity index (χ3v) is 7.70. The van der Waals surface area contributed by atoms with Gasteiger partial charge in [-0.2, -0.15) is 26.3 Å². The largest absolute Gasteiger partial charge is 0.464 e. The van der Waals surface area contributed by atoms with Gasteiger partial charge in [0.2, 0.25) is 0 Å². The molecule has 10 nitrogen and oxygen atoms in total. The maximum Gasteiger partial charge on any atom is 0.417 e. The van der Waals surface area contributed by atoms with Gasteiger partial charge in [0.25, 0.3) is 11.1 Å². The summed E-state index contributed by atoms with van der Waals surface area (Å²) in [6.07, 6.45) is -5.92. The molecule has 16 heteroatoms. The lowest BCUT2D eigenvalue weighted by atomic mass is 10.0. The molecular weight excluding hydrogens is 722 g/mol. The van der Waals surface area contributed by atoms with Gasteiger partial charge in [-0.05, 0) is 91.7 Å². The lowest BCUT2D eigenvalue weighted by Gasteiger charge is -2.22. The van der Waals surface area contributed by atoms with Crippen LogP contribution in [0.4, 0.5) is 26.3 Å². The number of carbonyl (C=O) groups is 2. The standard InChI is InChI=1S/C19H29F3N2O3.C19H25F3N2O3/c2*1-6-27-18(26)16(10-13(2)3)24-12-14(8-7-9-23(4)5)15(11-17(24)25)19(20,21)22/h11-13,16H,6-10H2,1-5H3;11-13,16H,6,9-10H2,1-5H3. The summed E-state index contributed by atoms with van der Waals surface area (Å²) < 4.78 is 92.2. The van der Waals surface area contributed by atoms with Gasteiger partial charge < -0.3 is 18.9 Å². The summed E-state index contributed by atoms with van der Waals surface area (Å²) in [6, 6.07) is -0.856. The van der Waals surface area contributed by atoms with Crippen molar-refractivity contribution < 1.29 is 45.4 Å². The molecule has 0 N–H and O–H groups in total. The first-order valence-electron chi connectivity index (χ1n) is 17.7. The van der Waals surface area contributed by atoms with Gasteiger partial charge in [0.05, 0.1) is 36.4 Å². The SMILES string of the molecule is CCOC(=O)C(CC(C)C)n1cc(C#CCN(C)C)c(C(F)(F)F)cc1=O.CCOC(=O)C(CC(C)C)n1cc(CCCN(C)C)c(C(F)(F)F)cc1=O. The Hall–Kier alpha value is -4.10. The molecule has 0 aliphatic rings. The normalized spacial score (nSPS) is 13.0.